The molecule has 0 aliphatic heterocycles. The van der Waals surface area contributed by atoms with Crippen LogP contribution in [0.4, 0.5) is 8.78 Å². The smallest absolute Gasteiger partial charge is 0.333 e. The zero-order chi connectivity index (χ0) is 11.4. The van der Waals surface area contributed by atoms with E-state index in [-0.39, 0.29) is 12.7 Å². The van der Waals surface area contributed by atoms with Gasteiger partial charge in [0.15, 0.2) is 0 Å². The van der Waals surface area contributed by atoms with E-state index >= 15 is 0 Å². The molecule has 0 aliphatic rings. The highest BCUT2D eigenvalue weighted by Crippen LogP contribution is 2.19. The number of nitrogens with zero attached hydrogens (tertiary/aromatic N) is 2. The molecule has 86 valence electrons. The molecule has 1 rings (SSSR count). The third kappa shape index (κ3) is 3.37. The molecule has 0 radical (unpaired) electrons. The van der Waals surface area contributed by atoms with Crippen molar-refractivity contribution >= 4 is 22.6 Å². The van der Waals surface area contributed by atoms with Crippen LogP contribution in [0.2, 0.25) is 0 Å². The van der Waals surface area contributed by atoms with Crippen molar-refractivity contribution < 1.29 is 13.5 Å². The van der Waals surface area contributed by atoms with Gasteiger partial charge >= 0.3 is 6.55 Å². The minimum Gasteiger partial charge on any atom is -0.372 e. The molecule has 0 spiro atoms. The van der Waals surface area contributed by atoms with Crippen molar-refractivity contribution in [3.8, 4) is 0 Å². The van der Waals surface area contributed by atoms with E-state index in [0.717, 1.165) is 6.42 Å². The van der Waals surface area contributed by atoms with Crippen LogP contribution < -0.4 is 0 Å². The topological polar surface area (TPSA) is 27.1 Å². The van der Waals surface area contributed by atoms with E-state index < -0.39 is 6.55 Å². The van der Waals surface area contributed by atoms with Crippen LogP contribution in [0.15, 0.2) is 6.20 Å². The lowest BCUT2D eigenvalue weighted by atomic mass is 10.3. The molecule has 15 heavy (non-hydrogen) atoms. The van der Waals surface area contributed by atoms with Gasteiger partial charge < -0.3 is 4.74 Å². The molecule has 1 aromatic rings. The summed E-state index contributed by atoms with van der Waals surface area (Å²) < 4.78 is 31.8. The molecule has 1 unspecified atom stereocenters. The Morgan fingerprint density at radius 1 is 1.60 bits per heavy atom. The van der Waals surface area contributed by atoms with Crippen LogP contribution in [-0.2, 0) is 11.3 Å². The van der Waals surface area contributed by atoms with Crippen molar-refractivity contribution in [2.24, 2.45) is 0 Å². The van der Waals surface area contributed by atoms with Crippen LogP contribution >= 0.6 is 22.6 Å². The fourth-order valence-electron chi connectivity index (χ4n) is 1.01. The summed E-state index contributed by atoms with van der Waals surface area (Å²) in [5.41, 5.74) is 0.436. The maximum Gasteiger partial charge on any atom is 0.333 e. The van der Waals surface area contributed by atoms with Crippen molar-refractivity contribution in [3.63, 3.8) is 0 Å². The quantitative estimate of drug-likeness (QED) is 0.776. The van der Waals surface area contributed by atoms with Gasteiger partial charge in [0.2, 0.25) is 0 Å². The van der Waals surface area contributed by atoms with Crippen LogP contribution in [0.25, 0.3) is 0 Å². The molecule has 3 nitrogen and oxygen atoms in total. The number of halogens is 3. The second-order valence-electron chi connectivity index (χ2n) is 3.19. The summed E-state index contributed by atoms with van der Waals surface area (Å²) in [5.74, 6) is 0. The van der Waals surface area contributed by atoms with Crippen LogP contribution in [0.3, 0.4) is 0 Å². The van der Waals surface area contributed by atoms with E-state index in [1.54, 1.807) is 0 Å². The van der Waals surface area contributed by atoms with Crippen LogP contribution in [0.5, 0.6) is 0 Å². The molecular weight excluding hydrogens is 317 g/mol. The first kappa shape index (κ1) is 12.8. The number of ether oxygens (including phenoxy) is 1. The van der Waals surface area contributed by atoms with Crippen molar-refractivity contribution in [1.29, 1.82) is 0 Å². The Bertz CT molecular complexity index is 317. The van der Waals surface area contributed by atoms with Gasteiger partial charge in [0, 0.05) is 0 Å². The molecule has 6 heteroatoms. The van der Waals surface area contributed by atoms with Gasteiger partial charge in [-0.15, -0.1) is 0 Å². The molecule has 0 N–H and O–H groups in total. The summed E-state index contributed by atoms with van der Waals surface area (Å²) >= 11 is 1.98. The van der Waals surface area contributed by atoms with Gasteiger partial charge in [0.25, 0.3) is 0 Å². The highest BCUT2D eigenvalue weighted by atomic mass is 127. The zero-order valence-electron chi connectivity index (χ0n) is 8.58. The van der Waals surface area contributed by atoms with Crippen molar-refractivity contribution in [1.82, 2.24) is 9.78 Å². The second-order valence-corrected chi connectivity index (χ2v) is 4.35. The number of aromatic nitrogens is 2. The van der Waals surface area contributed by atoms with E-state index in [1.807, 2.05) is 36.4 Å². The second kappa shape index (κ2) is 5.74. The molecule has 1 heterocycles. The summed E-state index contributed by atoms with van der Waals surface area (Å²) in [7, 11) is 0. The van der Waals surface area contributed by atoms with E-state index in [9.17, 15) is 8.78 Å². The van der Waals surface area contributed by atoms with Gasteiger partial charge in [0.05, 0.1) is 28.2 Å². The summed E-state index contributed by atoms with van der Waals surface area (Å²) in [6.45, 7) is 1.47. The molecule has 0 fully saturated rings. The highest BCUT2D eigenvalue weighted by molar-refractivity contribution is 14.1. The van der Waals surface area contributed by atoms with Crippen LogP contribution in [0.1, 0.15) is 32.5 Å². The van der Waals surface area contributed by atoms with E-state index in [2.05, 4.69) is 5.10 Å². The van der Waals surface area contributed by atoms with Crippen LogP contribution in [0, 0.1) is 3.57 Å². The van der Waals surface area contributed by atoms with Gasteiger partial charge in [-0.2, -0.15) is 13.9 Å². The Morgan fingerprint density at radius 3 is 2.80 bits per heavy atom. The molecule has 1 atom stereocenters. The molecule has 0 amide bonds. The van der Waals surface area contributed by atoms with E-state index in [0.29, 0.717) is 13.9 Å². The fraction of sp³-hybridized carbons (Fsp3) is 0.667. The van der Waals surface area contributed by atoms with Gasteiger partial charge in [-0.1, -0.05) is 6.92 Å². The average molecular weight is 330 g/mol. The Kier molecular flexibility index (Phi) is 4.91. The lowest BCUT2D eigenvalue weighted by Crippen LogP contribution is -2.12. The molecule has 1 aromatic heterocycles. The third-order valence-electron chi connectivity index (χ3n) is 2.11. The lowest BCUT2D eigenvalue weighted by Gasteiger charge is -2.12. The van der Waals surface area contributed by atoms with E-state index in [1.165, 1.54) is 6.20 Å². The summed E-state index contributed by atoms with van der Waals surface area (Å²) in [5, 5.41) is 3.60. The van der Waals surface area contributed by atoms with Crippen molar-refractivity contribution in [2.45, 2.75) is 39.5 Å². The largest absolute Gasteiger partial charge is 0.372 e. The predicted molar refractivity (Wildman–Crippen MR) is 60.7 cm³/mol. The van der Waals surface area contributed by atoms with E-state index in [4.69, 9.17) is 4.74 Å². The Labute approximate surface area is 101 Å². The maximum atomic E-state index is 12.5. The average Bonchev–Trinajstić information content (AvgIpc) is 2.56. The maximum absolute atomic E-state index is 12.5. The van der Waals surface area contributed by atoms with Gasteiger partial charge in [0.1, 0.15) is 0 Å². The third-order valence-corrected chi connectivity index (χ3v) is 3.01. The normalized spacial score (nSPS) is 13.5. The number of hydrogen-bond acceptors (Lipinski definition) is 2. The number of hydrogen-bond donors (Lipinski definition) is 0. The minimum atomic E-state index is -2.61. The summed E-state index contributed by atoms with van der Waals surface area (Å²) in [4.78, 5) is 0. The lowest BCUT2D eigenvalue weighted by molar-refractivity contribution is 0.0215. The van der Waals surface area contributed by atoms with Crippen molar-refractivity contribution in [3.05, 3.63) is 15.5 Å². The first-order chi connectivity index (χ1) is 7.06. The minimum absolute atomic E-state index is 0.0711. The van der Waals surface area contributed by atoms with Crippen molar-refractivity contribution in [2.75, 3.05) is 0 Å². The molecule has 0 aromatic carbocycles. The van der Waals surface area contributed by atoms with Gasteiger partial charge in [-0.25, -0.2) is 4.68 Å². The van der Waals surface area contributed by atoms with Gasteiger partial charge in [-0.3, -0.25) is 0 Å². The number of alkyl halides is 2. The predicted octanol–water partition coefficient (Wildman–Crippen LogP) is 3.20. The zero-order valence-corrected chi connectivity index (χ0v) is 10.7. The number of rotatable bonds is 5. The van der Waals surface area contributed by atoms with Gasteiger partial charge in [-0.05, 0) is 35.9 Å². The first-order valence-electron chi connectivity index (χ1n) is 4.67. The Hall–Kier alpha value is -0.240. The SMILES string of the molecule is CCC(C)OCc1c(I)cnn1C(F)F. The Morgan fingerprint density at radius 2 is 2.27 bits per heavy atom. The fourth-order valence-corrected chi connectivity index (χ4v) is 1.54. The monoisotopic (exact) mass is 330 g/mol. The summed E-state index contributed by atoms with van der Waals surface area (Å²) in [6.07, 6.45) is 2.35. The first-order valence-corrected chi connectivity index (χ1v) is 5.75. The van der Waals surface area contributed by atoms with Crippen LogP contribution in [-0.4, -0.2) is 15.9 Å². The molecule has 0 saturated heterocycles. The molecule has 0 saturated carbocycles. The molecule has 0 aliphatic carbocycles. The Balaban J connectivity index is 2.70. The summed E-state index contributed by atoms with van der Waals surface area (Å²) in [6, 6.07) is 0. The molecular formula is C9H13F2IN2O. The highest BCUT2D eigenvalue weighted by Gasteiger charge is 2.16. The standard InChI is InChI=1S/C9H13F2IN2O/c1-3-6(2)15-5-8-7(12)4-13-14(8)9(10)11/h4,6,9H,3,5H2,1-2H3. The molecule has 0 bridgehead atoms.